The fourth-order valence-electron chi connectivity index (χ4n) is 1.97. The largest absolute Gasteiger partial charge is 0.480 e. The Morgan fingerprint density at radius 3 is 2.52 bits per heavy atom. The maximum absolute atomic E-state index is 12.1. The van der Waals surface area contributed by atoms with Crippen LogP contribution in [-0.4, -0.2) is 32.5 Å². The number of nitrogens with one attached hydrogen (secondary N) is 1. The number of rotatable bonds is 7. The molecule has 0 spiro atoms. The van der Waals surface area contributed by atoms with E-state index in [0.29, 0.717) is 6.54 Å². The van der Waals surface area contributed by atoms with Crippen molar-refractivity contribution in [2.45, 2.75) is 39.8 Å². The lowest BCUT2D eigenvalue weighted by Crippen LogP contribution is -2.42. The van der Waals surface area contributed by atoms with Gasteiger partial charge < -0.3 is 15.0 Å². The third-order valence-electron chi connectivity index (χ3n) is 2.98. The number of aliphatic carboxylic acids is 1. The summed E-state index contributed by atoms with van der Waals surface area (Å²) < 4.78 is 1.42. The van der Waals surface area contributed by atoms with Crippen LogP contribution in [0.15, 0.2) is 12.3 Å². The summed E-state index contributed by atoms with van der Waals surface area (Å²) in [5, 5.41) is 22.3. The smallest absolute Gasteiger partial charge is 0.326 e. The van der Waals surface area contributed by atoms with Gasteiger partial charge in [0, 0.05) is 12.6 Å². The summed E-state index contributed by atoms with van der Waals surface area (Å²) in [4.78, 5) is 33.4. The average Bonchev–Trinajstić information content (AvgIpc) is 2.81. The molecule has 0 radical (unpaired) electrons. The second-order valence-electron chi connectivity index (χ2n) is 5.12. The second-order valence-corrected chi connectivity index (χ2v) is 5.12. The Morgan fingerprint density at radius 1 is 1.48 bits per heavy atom. The van der Waals surface area contributed by atoms with Crippen molar-refractivity contribution in [2.75, 3.05) is 0 Å². The topological polar surface area (TPSA) is 114 Å². The molecule has 1 aromatic rings. The van der Waals surface area contributed by atoms with Crippen molar-refractivity contribution in [1.82, 2.24) is 9.88 Å². The first kappa shape index (κ1) is 16.7. The van der Waals surface area contributed by atoms with Crippen molar-refractivity contribution in [1.29, 1.82) is 0 Å². The van der Waals surface area contributed by atoms with Crippen LogP contribution in [0, 0.1) is 16.0 Å². The molecule has 0 fully saturated rings. The molecule has 2 N–H and O–H groups in total. The minimum absolute atomic E-state index is 0.0826. The third kappa shape index (κ3) is 4.30. The molecule has 0 saturated carbocycles. The molecular weight excluding hydrogens is 278 g/mol. The van der Waals surface area contributed by atoms with Gasteiger partial charge in [0.05, 0.1) is 11.1 Å². The molecule has 0 unspecified atom stereocenters. The van der Waals surface area contributed by atoms with Gasteiger partial charge in [0.1, 0.15) is 11.7 Å². The lowest BCUT2D eigenvalue weighted by molar-refractivity contribution is -0.384. The summed E-state index contributed by atoms with van der Waals surface area (Å²) in [5.41, 5.74) is -0.114. The van der Waals surface area contributed by atoms with Gasteiger partial charge in [-0.1, -0.05) is 13.8 Å². The molecule has 1 atom stereocenters. The first-order valence-electron chi connectivity index (χ1n) is 6.64. The number of hydrogen-bond donors (Lipinski definition) is 2. The van der Waals surface area contributed by atoms with E-state index in [1.54, 1.807) is 6.92 Å². The van der Waals surface area contributed by atoms with E-state index in [9.17, 15) is 19.7 Å². The Morgan fingerprint density at radius 2 is 2.10 bits per heavy atom. The molecule has 8 heteroatoms. The number of carboxylic acids is 1. The monoisotopic (exact) mass is 297 g/mol. The van der Waals surface area contributed by atoms with E-state index >= 15 is 0 Å². The van der Waals surface area contributed by atoms with E-state index in [2.05, 4.69) is 5.32 Å². The summed E-state index contributed by atoms with van der Waals surface area (Å²) in [5.74, 6) is -1.65. The van der Waals surface area contributed by atoms with Crippen molar-refractivity contribution in [3.05, 3.63) is 28.1 Å². The van der Waals surface area contributed by atoms with Crippen molar-refractivity contribution in [3.63, 3.8) is 0 Å². The summed E-state index contributed by atoms with van der Waals surface area (Å²) in [6.45, 7) is 5.81. The van der Waals surface area contributed by atoms with Gasteiger partial charge in [0.25, 0.3) is 11.6 Å². The van der Waals surface area contributed by atoms with Crippen molar-refractivity contribution < 1.29 is 19.6 Å². The number of hydrogen-bond acceptors (Lipinski definition) is 4. The van der Waals surface area contributed by atoms with Crippen LogP contribution in [0.2, 0.25) is 0 Å². The third-order valence-corrected chi connectivity index (χ3v) is 2.98. The van der Waals surface area contributed by atoms with Gasteiger partial charge in [-0.3, -0.25) is 14.9 Å². The maximum Gasteiger partial charge on any atom is 0.326 e. The molecule has 21 heavy (non-hydrogen) atoms. The van der Waals surface area contributed by atoms with Gasteiger partial charge in [-0.05, 0) is 19.3 Å². The molecule has 1 heterocycles. The molecule has 1 aromatic heterocycles. The van der Waals surface area contributed by atoms with Crippen LogP contribution < -0.4 is 5.32 Å². The number of carbonyl (C=O) groups is 2. The van der Waals surface area contributed by atoms with E-state index in [0.717, 1.165) is 6.07 Å². The Kier molecular flexibility index (Phi) is 5.45. The number of nitro groups is 1. The minimum atomic E-state index is -1.12. The van der Waals surface area contributed by atoms with Crippen LogP contribution in [-0.2, 0) is 11.3 Å². The highest BCUT2D eigenvalue weighted by molar-refractivity contribution is 5.96. The quantitative estimate of drug-likeness (QED) is 0.586. The molecule has 0 aliphatic carbocycles. The molecule has 116 valence electrons. The lowest BCUT2D eigenvalue weighted by Gasteiger charge is -2.16. The number of amides is 1. The first-order chi connectivity index (χ1) is 9.76. The summed E-state index contributed by atoms with van der Waals surface area (Å²) in [6, 6.07) is 0.129. The summed E-state index contributed by atoms with van der Waals surface area (Å²) in [7, 11) is 0. The number of carboxylic acid groups (broad SMARTS) is 1. The van der Waals surface area contributed by atoms with E-state index in [4.69, 9.17) is 5.11 Å². The fraction of sp³-hybridized carbons (Fsp3) is 0.538. The molecule has 1 amide bonds. The van der Waals surface area contributed by atoms with Crippen molar-refractivity contribution in [3.8, 4) is 0 Å². The van der Waals surface area contributed by atoms with E-state index in [1.807, 2.05) is 13.8 Å². The van der Waals surface area contributed by atoms with Gasteiger partial charge >= 0.3 is 5.97 Å². The Labute approximate surface area is 121 Å². The van der Waals surface area contributed by atoms with Gasteiger partial charge in [0.2, 0.25) is 0 Å². The molecule has 0 bridgehead atoms. The van der Waals surface area contributed by atoms with Crippen LogP contribution in [0.1, 0.15) is 37.7 Å². The van der Waals surface area contributed by atoms with Crippen LogP contribution in [0.25, 0.3) is 0 Å². The second kappa shape index (κ2) is 6.87. The Bertz CT molecular complexity index is 550. The number of nitrogens with zero attached hydrogens (tertiary/aromatic N) is 2. The first-order valence-corrected chi connectivity index (χ1v) is 6.64. The zero-order valence-corrected chi connectivity index (χ0v) is 12.2. The number of aryl methyl sites for hydroxylation is 1. The van der Waals surface area contributed by atoms with E-state index in [1.165, 1.54) is 10.8 Å². The Balaban J connectivity index is 2.96. The predicted octanol–water partition coefficient (Wildman–Crippen LogP) is 1.65. The molecular formula is C13H19N3O5. The van der Waals surface area contributed by atoms with Gasteiger partial charge in [-0.2, -0.15) is 0 Å². The molecule has 0 aromatic carbocycles. The molecule has 0 saturated heterocycles. The SMILES string of the molecule is CCn1cc([N+](=O)[O-])cc1C(=O)N[C@H](CC(C)C)C(=O)O. The highest BCUT2D eigenvalue weighted by atomic mass is 16.6. The molecule has 1 rings (SSSR count). The van der Waals surface area contributed by atoms with Crippen LogP contribution >= 0.6 is 0 Å². The molecule has 0 aliphatic rings. The van der Waals surface area contributed by atoms with Crippen LogP contribution in [0.4, 0.5) is 5.69 Å². The lowest BCUT2D eigenvalue weighted by atomic mass is 10.0. The van der Waals surface area contributed by atoms with Crippen LogP contribution in [0.5, 0.6) is 0 Å². The normalized spacial score (nSPS) is 12.2. The summed E-state index contributed by atoms with van der Waals surface area (Å²) in [6.07, 6.45) is 1.54. The van der Waals surface area contributed by atoms with E-state index in [-0.39, 0.29) is 23.7 Å². The summed E-state index contributed by atoms with van der Waals surface area (Å²) >= 11 is 0. The predicted molar refractivity (Wildman–Crippen MR) is 75.1 cm³/mol. The van der Waals surface area contributed by atoms with Crippen LogP contribution in [0.3, 0.4) is 0 Å². The fourth-order valence-corrected chi connectivity index (χ4v) is 1.97. The average molecular weight is 297 g/mol. The van der Waals surface area contributed by atoms with Crippen molar-refractivity contribution >= 4 is 17.6 Å². The van der Waals surface area contributed by atoms with Gasteiger partial charge in [-0.15, -0.1) is 0 Å². The zero-order chi connectivity index (χ0) is 16.2. The maximum atomic E-state index is 12.1. The van der Waals surface area contributed by atoms with Gasteiger partial charge in [-0.25, -0.2) is 4.79 Å². The molecule has 0 aliphatic heterocycles. The Hall–Kier alpha value is -2.38. The van der Waals surface area contributed by atoms with Crippen molar-refractivity contribution in [2.24, 2.45) is 5.92 Å². The minimum Gasteiger partial charge on any atom is -0.480 e. The standard InChI is InChI=1S/C13H19N3O5/c1-4-15-7-9(16(20)21)6-11(15)12(17)14-10(13(18)19)5-8(2)3/h6-8,10H,4-5H2,1-3H3,(H,14,17)(H,18,19)/t10-/m1/s1. The molecule has 8 nitrogen and oxygen atoms in total. The number of aromatic nitrogens is 1. The highest BCUT2D eigenvalue weighted by Gasteiger charge is 2.25. The zero-order valence-electron chi connectivity index (χ0n) is 12.2. The van der Waals surface area contributed by atoms with Gasteiger partial charge in [0.15, 0.2) is 0 Å². The highest BCUT2D eigenvalue weighted by Crippen LogP contribution is 2.17. The number of carbonyl (C=O) groups excluding carboxylic acids is 1. The van der Waals surface area contributed by atoms with E-state index < -0.39 is 22.8 Å².